The van der Waals surface area contributed by atoms with Gasteiger partial charge in [0.05, 0.1) is 0 Å². The van der Waals surface area contributed by atoms with Gasteiger partial charge in [-0.05, 0) is 32.3 Å². The first kappa shape index (κ1) is 13.1. The number of ketones is 1. The van der Waals surface area contributed by atoms with Crippen LogP contribution in [0.15, 0.2) is 18.2 Å². The number of rotatable bonds is 1. The van der Waals surface area contributed by atoms with E-state index in [0.717, 1.165) is 6.07 Å². The highest BCUT2D eigenvalue weighted by Gasteiger charge is 2.50. The first-order valence-corrected chi connectivity index (χ1v) is 5.80. The van der Waals surface area contributed by atoms with Crippen LogP contribution in [0.2, 0.25) is 0 Å². The van der Waals surface area contributed by atoms with E-state index >= 15 is 0 Å². The van der Waals surface area contributed by atoms with Crippen molar-refractivity contribution in [2.75, 3.05) is 0 Å². The average Bonchev–Trinajstić information content (AvgIpc) is 2.29. The van der Waals surface area contributed by atoms with E-state index in [2.05, 4.69) is 0 Å². The molecule has 1 fully saturated rings. The van der Waals surface area contributed by atoms with E-state index in [0.29, 0.717) is 6.42 Å². The molecule has 0 aromatic heterocycles. The van der Waals surface area contributed by atoms with Crippen molar-refractivity contribution in [2.45, 2.75) is 37.3 Å². The molecule has 1 saturated carbocycles. The van der Waals surface area contributed by atoms with Crippen molar-refractivity contribution in [3.8, 4) is 0 Å². The first-order valence-electron chi connectivity index (χ1n) is 5.80. The number of carbonyl (C=O) groups excluding carboxylic acids is 1. The summed E-state index contributed by atoms with van der Waals surface area (Å²) >= 11 is 0. The van der Waals surface area contributed by atoms with Gasteiger partial charge in [-0.15, -0.1) is 0 Å². The van der Waals surface area contributed by atoms with Crippen molar-refractivity contribution < 1.29 is 18.7 Å². The molecule has 0 amide bonds. The summed E-state index contributed by atoms with van der Waals surface area (Å²) in [6.07, 6.45) is 0.954. The molecule has 0 saturated heterocycles. The molecule has 98 valence electrons. The van der Waals surface area contributed by atoms with E-state index in [1.54, 1.807) is 0 Å². The second kappa shape index (κ2) is 4.10. The highest BCUT2D eigenvalue weighted by molar-refractivity contribution is 5.96. The predicted octanol–water partition coefficient (Wildman–Crippen LogP) is 1.62. The Balaban J connectivity index is 2.54. The second-order valence-corrected chi connectivity index (χ2v) is 5.03. The Morgan fingerprint density at radius 2 is 2.00 bits per heavy atom. The van der Waals surface area contributed by atoms with E-state index in [9.17, 15) is 18.7 Å². The normalized spacial score (nSPS) is 32.6. The van der Waals surface area contributed by atoms with Crippen molar-refractivity contribution in [1.82, 2.24) is 0 Å². The quantitative estimate of drug-likeness (QED) is 0.801. The van der Waals surface area contributed by atoms with Crippen LogP contribution < -0.4 is 5.73 Å². The molecule has 2 rings (SSSR count). The number of hydrogen-bond acceptors (Lipinski definition) is 3. The van der Waals surface area contributed by atoms with E-state index in [-0.39, 0.29) is 18.4 Å². The van der Waals surface area contributed by atoms with Crippen molar-refractivity contribution >= 4 is 5.78 Å². The summed E-state index contributed by atoms with van der Waals surface area (Å²) < 4.78 is 27.0. The van der Waals surface area contributed by atoms with Gasteiger partial charge in [0.25, 0.3) is 0 Å². The highest BCUT2D eigenvalue weighted by Crippen LogP contribution is 2.38. The molecule has 18 heavy (non-hydrogen) atoms. The zero-order valence-corrected chi connectivity index (χ0v) is 10.0. The Hall–Kier alpha value is -1.33. The molecule has 1 aliphatic carbocycles. The summed E-state index contributed by atoms with van der Waals surface area (Å²) in [6, 6.07) is 3.56. The van der Waals surface area contributed by atoms with Crippen LogP contribution in [-0.2, 0) is 10.3 Å². The molecular formula is C13H15F2NO2. The molecule has 1 aliphatic rings. The van der Waals surface area contributed by atoms with Crippen LogP contribution in [0, 0.1) is 11.6 Å². The third-order valence-corrected chi connectivity index (χ3v) is 3.56. The summed E-state index contributed by atoms with van der Waals surface area (Å²) in [5.74, 6) is -2.83. The van der Waals surface area contributed by atoms with Gasteiger partial charge in [0.1, 0.15) is 11.1 Å². The monoisotopic (exact) mass is 255 g/mol. The second-order valence-electron chi connectivity index (χ2n) is 5.03. The Bertz CT molecular complexity index is 502. The van der Waals surface area contributed by atoms with Crippen LogP contribution in [0.4, 0.5) is 8.78 Å². The van der Waals surface area contributed by atoms with Crippen molar-refractivity contribution in [3.63, 3.8) is 0 Å². The largest absolute Gasteiger partial charge is 0.382 e. The Morgan fingerprint density at radius 1 is 1.33 bits per heavy atom. The molecule has 0 bridgehead atoms. The van der Waals surface area contributed by atoms with Crippen LogP contribution >= 0.6 is 0 Å². The fourth-order valence-electron chi connectivity index (χ4n) is 2.52. The molecule has 3 nitrogen and oxygen atoms in total. The number of Topliss-reactive ketones (excluding diaryl/α,β-unsaturated/α-hetero) is 1. The summed E-state index contributed by atoms with van der Waals surface area (Å²) in [7, 11) is 0. The summed E-state index contributed by atoms with van der Waals surface area (Å²) in [5.41, 5.74) is 2.52. The van der Waals surface area contributed by atoms with E-state index < -0.39 is 28.6 Å². The van der Waals surface area contributed by atoms with Crippen LogP contribution in [0.25, 0.3) is 0 Å². The Kier molecular flexibility index (Phi) is 2.99. The van der Waals surface area contributed by atoms with Gasteiger partial charge in [-0.2, -0.15) is 0 Å². The highest BCUT2D eigenvalue weighted by atomic mass is 19.2. The van der Waals surface area contributed by atoms with Crippen LogP contribution in [0.5, 0.6) is 0 Å². The van der Waals surface area contributed by atoms with Gasteiger partial charge in [-0.25, -0.2) is 8.78 Å². The zero-order chi connectivity index (χ0) is 13.6. The van der Waals surface area contributed by atoms with Gasteiger partial charge in [0.15, 0.2) is 17.4 Å². The molecule has 0 radical (unpaired) electrons. The van der Waals surface area contributed by atoms with E-state index in [1.165, 1.54) is 19.1 Å². The fraction of sp³-hybridized carbons (Fsp3) is 0.462. The van der Waals surface area contributed by atoms with Gasteiger partial charge >= 0.3 is 0 Å². The van der Waals surface area contributed by atoms with Gasteiger partial charge in [-0.3, -0.25) is 4.79 Å². The number of nitrogens with two attached hydrogens (primary N) is 1. The maximum absolute atomic E-state index is 13.8. The fourth-order valence-corrected chi connectivity index (χ4v) is 2.52. The number of benzene rings is 1. The van der Waals surface area contributed by atoms with E-state index in [4.69, 9.17) is 5.73 Å². The lowest BCUT2D eigenvalue weighted by atomic mass is 9.69. The topological polar surface area (TPSA) is 63.3 Å². The third kappa shape index (κ3) is 1.83. The van der Waals surface area contributed by atoms with Gasteiger partial charge < -0.3 is 10.8 Å². The minimum absolute atomic E-state index is 0.188. The minimum atomic E-state index is -1.66. The maximum Gasteiger partial charge on any atom is 0.188 e. The molecular weight excluding hydrogens is 240 g/mol. The van der Waals surface area contributed by atoms with Gasteiger partial charge in [0.2, 0.25) is 0 Å². The molecule has 1 aromatic carbocycles. The minimum Gasteiger partial charge on any atom is -0.382 e. The van der Waals surface area contributed by atoms with Crippen molar-refractivity contribution in [2.24, 2.45) is 5.73 Å². The van der Waals surface area contributed by atoms with Crippen LogP contribution in [0.3, 0.4) is 0 Å². The number of aliphatic hydroxyl groups is 1. The van der Waals surface area contributed by atoms with Crippen LogP contribution in [0.1, 0.15) is 31.7 Å². The predicted molar refractivity (Wildman–Crippen MR) is 61.7 cm³/mol. The molecule has 0 aliphatic heterocycles. The van der Waals surface area contributed by atoms with Crippen molar-refractivity contribution in [1.29, 1.82) is 0 Å². The lowest BCUT2D eigenvalue weighted by molar-refractivity contribution is -0.146. The first-order chi connectivity index (χ1) is 8.29. The smallest absolute Gasteiger partial charge is 0.188 e. The molecule has 2 atom stereocenters. The summed E-state index contributed by atoms with van der Waals surface area (Å²) in [5, 5.41) is 9.95. The lowest BCUT2D eigenvalue weighted by Gasteiger charge is -2.40. The van der Waals surface area contributed by atoms with Crippen molar-refractivity contribution in [3.05, 3.63) is 35.4 Å². The Morgan fingerprint density at radius 3 is 2.67 bits per heavy atom. The molecule has 5 heteroatoms. The third-order valence-electron chi connectivity index (χ3n) is 3.56. The number of hydrogen-bond donors (Lipinski definition) is 2. The molecule has 3 N–H and O–H groups in total. The average molecular weight is 255 g/mol. The molecule has 2 unspecified atom stereocenters. The number of halogens is 2. The van der Waals surface area contributed by atoms with E-state index in [1.807, 2.05) is 0 Å². The maximum atomic E-state index is 13.8. The summed E-state index contributed by atoms with van der Waals surface area (Å²) in [6.45, 7) is 1.35. The van der Waals surface area contributed by atoms with Crippen LogP contribution in [-0.4, -0.2) is 16.5 Å². The SMILES string of the molecule is CC1(O)CCCC(N)(c2cccc(F)c2F)C1=O. The Labute approximate surface area is 104 Å². The molecule has 0 spiro atoms. The molecule has 0 heterocycles. The molecule has 1 aromatic rings. The zero-order valence-electron chi connectivity index (χ0n) is 10.0. The summed E-state index contributed by atoms with van der Waals surface area (Å²) in [4.78, 5) is 12.2. The lowest BCUT2D eigenvalue weighted by Crippen LogP contribution is -2.58. The van der Waals surface area contributed by atoms with Gasteiger partial charge in [0, 0.05) is 5.56 Å². The van der Waals surface area contributed by atoms with Gasteiger partial charge in [-0.1, -0.05) is 12.1 Å². The number of carbonyl (C=O) groups is 1. The standard InChI is InChI=1S/C13H15F2NO2/c1-12(18)6-3-7-13(16,11(12)17)8-4-2-5-9(14)10(8)15/h2,4-5,18H,3,6-7,16H2,1H3.